The first-order valence-corrected chi connectivity index (χ1v) is 9.64. The van der Waals surface area contributed by atoms with Crippen LogP contribution in [0, 0.1) is 3.57 Å². The molecule has 4 nitrogen and oxygen atoms in total. The predicted octanol–water partition coefficient (Wildman–Crippen LogP) is 4.46. The van der Waals surface area contributed by atoms with E-state index < -0.39 is 0 Å². The van der Waals surface area contributed by atoms with Gasteiger partial charge >= 0.3 is 0 Å². The summed E-state index contributed by atoms with van der Waals surface area (Å²) in [4.78, 5) is 18.7. The quantitative estimate of drug-likeness (QED) is 0.531. The second kappa shape index (κ2) is 6.50. The third-order valence-corrected chi connectivity index (χ3v) is 6.01. The van der Waals surface area contributed by atoms with E-state index in [0.29, 0.717) is 23.3 Å². The van der Waals surface area contributed by atoms with Crippen LogP contribution in [-0.4, -0.2) is 35.0 Å². The van der Waals surface area contributed by atoms with Crippen LogP contribution in [0.5, 0.6) is 5.19 Å². The molecule has 0 spiro atoms. The largest absolute Gasteiger partial charge is 0.463 e. The highest BCUT2D eigenvalue weighted by Gasteiger charge is 2.34. The molecule has 122 valence electrons. The molecule has 4 rings (SSSR count). The number of amides is 1. The third kappa shape index (κ3) is 2.98. The van der Waals surface area contributed by atoms with Crippen molar-refractivity contribution in [1.29, 1.82) is 0 Å². The average molecular weight is 471 g/mol. The maximum atomic E-state index is 12.5. The fourth-order valence-corrected chi connectivity index (χ4v) is 4.37. The molecular weight excluding hydrogens is 459 g/mol. The molecule has 0 atom stereocenters. The van der Waals surface area contributed by atoms with Crippen molar-refractivity contribution < 1.29 is 9.53 Å². The molecular formula is C17H12ClIN2O2S. The number of hydrogen-bond donors (Lipinski definition) is 0. The summed E-state index contributed by atoms with van der Waals surface area (Å²) in [5.74, 6) is 0.0483. The number of hydrogen-bond acceptors (Lipinski definition) is 4. The van der Waals surface area contributed by atoms with Gasteiger partial charge in [-0.15, -0.1) is 0 Å². The molecule has 0 radical (unpaired) electrons. The molecule has 24 heavy (non-hydrogen) atoms. The molecule has 1 aliphatic rings. The van der Waals surface area contributed by atoms with Crippen molar-refractivity contribution in [2.45, 2.75) is 6.10 Å². The molecule has 0 saturated carbocycles. The van der Waals surface area contributed by atoms with Crippen LogP contribution in [0.25, 0.3) is 10.2 Å². The van der Waals surface area contributed by atoms with Gasteiger partial charge in [-0.05, 0) is 46.9 Å². The minimum absolute atomic E-state index is 0.0188. The van der Waals surface area contributed by atoms with Crippen LogP contribution in [0.1, 0.15) is 10.4 Å². The SMILES string of the molecule is O=C(c1ccccc1I)N1CC(Oc2nc3c(Cl)cccc3s2)C1. The Labute approximate surface area is 161 Å². The number of aromatic nitrogens is 1. The third-order valence-electron chi connectivity index (χ3n) is 3.86. The van der Waals surface area contributed by atoms with Crippen LogP contribution >= 0.6 is 45.5 Å². The number of nitrogens with zero attached hydrogens (tertiary/aromatic N) is 2. The van der Waals surface area contributed by atoms with Gasteiger partial charge in [0.15, 0.2) is 0 Å². The van der Waals surface area contributed by atoms with E-state index in [4.69, 9.17) is 16.3 Å². The van der Waals surface area contributed by atoms with Crippen molar-refractivity contribution in [2.75, 3.05) is 13.1 Å². The number of ether oxygens (including phenoxy) is 1. The number of carbonyl (C=O) groups is 1. The Kier molecular flexibility index (Phi) is 4.36. The fraction of sp³-hybridized carbons (Fsp3) is 0.176. The lowest BCUT2D eigenvalue weighted by atomic mass is 10.1. The summed E-state index contributed by atoms with van der Waals surface area (Å²) in [7, 11) is 0. The molecule has 0 bridgehead atoms. The highest BCUT2D eigenvalue weighted by Crippen LogP contribution is 2.33. The van der Waals surface area contributed by atoms with E-state index in [1.54, 1.807) is 4.90 Å². The molecule has 1 aromatic heterocycles. The summed E-state index contributed by atoms with van der Waals surface area (Å²) in [6.45, 7) is 1.15. The Hall–Kier alpha value is -1.38. The minimum Gasteiger partial charge on any atom is -0.463 e. The summed E-state index contributed by atoms with van der Waals surface area (Å²) in [5, 5.41) is 1.23. The fourth-order valence-electron chi connectivity index (χ4n) is 2.57. The Bertz CT molecular complexity index is 924. The lowest BCUT2D eigenvalue weighted by molar-refractivity contribution is 0.0177. The monoisotopic (exact) mass is 470 g/mol. The maximum absolute atomic E-state index is 12.5. The van der Waals surface area contributed by atoms with Crippen LogP contribution in [-0.2, 0) is 0 Å². The van der Waals surface area contributed by atoms with Gasteiger partial charge < -0.3 is 9.64 Å². The molecule has 1 aliphatic heterocycles. The van der Waals surface area contributed by atoms with Crippen LogP contribution in [0.3, 0.4) is 0 Å². The van der Waals surface area contributed by atoms with Gasteiger partial charge in [-0.1, -0.05) is 41.1 Å². The van der Waals surface area contributed by atoms with Gasteiger partial charge in [-0.2, -0.15) is 0 Å². The predicted molar refractivity (Wildman–Crippen MR) is 104 cm³/mol. The van der Waals surface area contributed by atoms with Crippen molar-refractivity contribution in [1.82, 2.24) is 9.88 Å². The number of likely N-dealkylation sites (tertiary alicyclic amines) is 1. The van der Waals surface area contributed by atoms with Crippen molar-refractivity contribution >= 4 is 61.7 Å². The first-order valence-electron chi connectivity index (χ1n) is 7.37. The van der Waals surface area contributed by atoms with E-state index >= 15 is 0 Å². The second-order valence-corrected chi connectivity index (χ2v) is 8.06. The van der Waals surface area contributed by atoms with Crippen molar-refractivity contribution in [3.8, 4) is 5.19 Å². The van der Waals surface area contributed by atoms with Crippen LogP contribution in [0.15, 0.2) is 42.5 Å². The van der Waals surface area contributed by atoms with Crippen molar-refractivity contribution in [3.05, 3.63) is 56.6 Å². The van der Waals surface area contributed by atoms with Crippen LogP contribution in [0.2, 0.25) is 5.02 Å². The molecule has 0 aliphatic carbocycles. The normalized spacial score (nSPS) is 14.7. The molecule has 3 aromatic rings. The highest BCUT2D eigenvalue weighted by molar-refractivity contribution is 14.1. The smallest absolute Gasteiger partial charge is 0.274 e. The number of fused-ring (bicyclic) bond motifs is 1. The number of thiazole rings is 1. The maximum Gasteiger partial charge on any atom is 0.274 e. The van der Waals surface area contributed by atoms with Crippen LogP contribution in [0.4, 0.5) is 0 Å². The van der Waals surface area contributed by atoms with Gasteiger partial charge in [0.2, 0.25) is 0 Å². The lowest BCUT2D eigenvalue weighted by Gasteiger charge is -2.38. The van der Waals surface area contributed by atoms with Gasteiger partial charge in [0.25, 0.3) is 11.1 Å². The summed E-state index contributed by atoms with van der Waals surface area (Å²) in [5.41, 5.74) is 1.51. The summed E-state index contributed by atoms with van der Waals surface area (Å²) < 4.78 is 7.86. The van der Waals surface area contributed by atoms with E-state index in [1.807, 2.05) is 42.5 Å². The first-order chi connectivity index (χ1) is 11.6. The highest BCUT2D eigenvalue weighted by atomic mass is 127. The minimum atomic E-state index is -0.0188. The van der Waals surface area contributed by atoms with Crippen molar-refractivity contribution in [3.63, 3.8) is 0 Å². The van der Waals surface area contributed by atoms with Gasteiger partial charge in [-0.3, -0.25) is 4.79 Å². The van der Waals surface area contributed by atoms with E-state index in [1.165, 1.54) is 11.3 Å². The molecule has 2 heterocycles. The molecule has 1 saturated heterocycles. The van der Waals surface area contributed by atoms with Gasteiger partial charge in [0, 0.05) is 3.57 Å². The van der Waals surface area contributed by atoms with E-state index in [-0.39, 0.29) is 12.0 Å². The number of para-hydroxylation sites is 1. The first kappa shape index (κ1) is 16.1. The number of halogens is 2. The zero-order chi connectivity index (χ0) is 16.7. The lowest BCUT2D eigenvalue weighted by Crippen LogP contribution is -2.56. The van der Waals surface area contributed by atoms with Gasteiger partial charge in [0.05, 0.1) is 28.4 Å². The molecule has 0 N–H and O–H groups in total. The molecule has 2 aromatic carbocycles. The van der Waals surface area contributed by atoms with E-state index in [2.05, 4.69) is 27.6 Å². The van der Waals surface area contributed by atoms with Crippen molar-refractivity contribution in [2.24, 2.45) is 0 Å². The molecule has 1 fully saturated rings. The molecule has 1 amide bonds. The standard InChI is InChI=1S/C17H12ClIN2O2S/c18-12-5-3-7-14-15(12)20-17(24-14)23-10-8-21(9-10)16(22)11-4-1-2-6-13(11)19/h1-7,10H,8-9H2. The summed E-state index contributed by atoms with van der Waals surface area (Å²) >= 11 is 9.80. The molecule has 7 heteroatoms. The second-order valence-electron chi connectivity index (χ2n) is 5.50. The Balaban J connectivity index is 1.41. The Morgan fingerprint density at radius 2 is 2.04 bits per heavy atom. The number of rotatable bonds is 3. The van der Waals surface area contributed by atoms with E-state index in [0.717, 1.165) is 19.4 Å². The Morgan fingerprint density at radius 1 is 1.25 bits per heavy atom. The summed E-state index contributed by atoms with van der Waals surface area (Å²) in [6, 6.07) is 13.3. The van der Waals surface area contributed by atoms with E-state index in [9.17, 15) is 4.79 Å². The average Bonchev–Trinajstić information content (AvgIpc) is 2.94. The van der Waals surface area contributed by atoms with Gasteiger partial charge in [-0.25, -0.2) is 4.98 Å². The Morgan fingerprint density at radius 3 is 2.79 bits per heavy atom. The topological polar surface area (TPSA) is 42.4 Å². The molecule has 0 unspecified atom stereocenters. The van der Waals surface area contributed by atoms with Gasteiger partial charge in [0.1, 0.15) is 11.6 Å². The summed E-state index contributed by atoms with van der Waals surface area (Å²) in [6.07, 6.45) is -0.0188. The number of benzene rings is 2. The number of carbonyl (C=O) groups excluding carboxylic acids is 1. The zero-order valence-electron chi connectivity index (χ0n) is 12.4. The zero-order valence-corrected chi connectivity index (χ0v) is 16.1. The van der Waals surface area contributed by atoms with Crippen LogP contribution < -0.4 is 4.74 Å².